The Morgan fingerprint density at radius 2 is 2.43 bits per heavy atom. The summed E-state index contributed by atoms with van der Waals surface area (Å²) in [5, 5.41) is 11.0. The molecule has 1 aliphatic rings. The Labute approximate surface area is 86.7 Å². The van der Waals surface area contributed by atoms with Crippen LogP contribution in [0.1, 0.15) is 6.42 Å². The van der Waals surface area contributed by atoms with Gasteiger partial charge in [0.25, 0.3) is 5.95 Å². The van der Waals surface area contributed by atoms with Crippen molar-refractivity contribution < 1.29 is 4.79 Å². The van der Waals surface area contributed by atoms with Gasteiger partial charge in [0.05, 0.1) is 0 Å². The van der Waals surface area contributed by atoms with Crippen LogP contribution < -0.4 is 4.90 Å². The summed E-state index contributed by atoms with van der Waals surface area (Å²) in [4.78, 5) is 13.2. The average Bonchev–Trinajstić information content (AvgIpc) is 2.72. The fourth-order valence-electron chi connectivity index (χ4n) is 1.55. The van der Waals surface area contributed by atoms with Crippen molar-refractivity contribution in [3.63, 3.8) is 0 Å². The van der Waals surface area contributed by atoms with Gasteiger partial charge < -0.3 is 0 Å². The summed E-state index contributed by atoms with van der Waals surface area (Å²) < 4.78 is 1.50. The Kier molecular flexibility index (Phi) is 2.40. The second kappa shape index (κ2) is 3.56. The molecule has 6 nitrogen and oxygen atoms in total. The normalized spacial score (nSPS) is 22.0. The van der Waals surface area contributed by atoms with Crippen LogP contribution in [-0.2, 0) is 11.8 Å². The largest absolute Gasteiger partial charge is 0.279 e. The maximum atomic E-state index is 11.6. The van der Waals surface area contributed by atoms with Crippen LogP contribution >= 0.6 is 12.6 Å². The predicted molar refractivity (Wildman–Crippen MR) is 53.1 cm³/mol. The molecule has 0 saturated carbocycles. The first-order valence-electron chi connectivity index (χ1n) is 4.36. The molecule has 1 aromatic rings. The van der Waals surface area contributed by atoms with Gasteiger partial charge >= 0.3 is 0 Å². The summed E-state index contributed by atoms with van der Waals surface area (Å²) in [6, 6.07) is 0. The van der Waals surface area contributed by atoms with Crippen molar-refractivity contribution in [1.82, 2.24) is 20.2 Å². The molecule has 7 heteroatoms. The van der Waals surface area contributed by atoms with Crippen molar-refractivity contribution in [3.05, 3.63) is 0 Å². The third-order valence-corrected chi connectivity index (χ3v) is 2.82. The molecule has 0 radical (unpaired) electrons. The number of carbonyl (C=O) groups excluding carboxylic acids is 1. The fraction of sp³-hybridized carbons (Fsp3) is 0.714. The van der Waals surface area contributed by atoms with Gasteiger partial charge in [-0.05, 0) is 22.1 Å². The molecule has 1 fully saturated rings. The molecule has 76 valence electrons. The lowest BCUT2D eigenvalue weighted by Gasteiger charge is -2.12. The minimum Gasteiger partial charge on any atom is -0.279 e. The summed E-state index contributed by atoms with van der Waals surface area (Å²) in [5.41, 5.74) is 0. The smallest absolute Gasteiger partial charge is 0.251 e. The summed E-state index contributed by atoms with van der Waals surface area (Å²) in [7, 11) is 1.72. The standard InChI is InChI=1S/C7H11N5OS/c1-11-7(8-9-10-11)12-3-5(4-14)2-6(12)13/h5,14H,2-4H2,1H3. The molecule has 1 amide bonds. The van der Waals surface area contributed by atoms with Gasteiger partial charge in [-0.3, -0.25) is 9.69 Å². The van der Waals surface area contributed by atoms with Crippen molar-refractivity contribution in [2.45, 2.75) is 6.42 Å². The van der Waals surface area contributed by atoms with Crippen LogP contribution in [0.5, 0.6) is 0 Å². The zero-order valence-electron chi connectivity index (χ0n) is 7.79. The minimum atomic E-state index is 0.0713. The third kappa shape index (κ3) is 1.47. The predicted octanol–water partition coefficient (Wildman–Crippen LogP) is -0.507. The van der Waals surface area contributed by atoms with Crippen molar-refractivity contribution in [1.29, 1.82) is 0 Å². The van der Waals surface area contributed by atoms with Crippen molar-refractivity contribution in [2.75, 3.05) is 17.2 Å². The third-order valence-electron chi connectivity index (χ3n) is 2.30. The van der Waals surface area contributed by atoms with Gasteiger partial charge in [-0.25, -0.2) is 4.68 Å². The lowest BCUT2D eigenvalue weighted by atomic mass is 10.1. The van der Waals surface area contributed by atoms with E-state index in [1.807, 2.05) is 0 Å². The first-order chi connectivity index (χ1) is 6.72. The molecule has 14 heavy (non-hydrogen) atoms. The van der Waals surface area contributed by atoms with E-state index >= 15 is 0 Å². The maximum Gasteiger partial charge on any atom is 0.251 e. The lowest BCUT2D eigenvalue weighted by molar-refractivity contribution is -0.117. The molecule has 0 spiro atoms. The highest BCUT2D eigenvalue weighted by atomic mass is 32.1. The van der Waals surface area contributed by atoms with Gasteiger partial charge in [0, 0.05) is 20.0 Å². The molecule has 1 saturated heterocycles. The molecular formula is C7H11N5OS. The lowest BCUT2D eigenvalue weighted by Crippen LogP contribution is -2.27. The van der Waals surface area contributed by atoms with Crippen LogP contribution in [0.15, 0.2) is 0 Å². The summed E-state index contributed by atoms with van der Waals surface area (Å²) in [6.07, 6.45) is 0.538. The molecule has 0 bridgehead atoms. The molecule has 2 heterocycles. The number of thiol groups is 1. The summed E-state index contributed by atoms with van der Waals surface area (Å²) in [6.45, 7) is 0.663. The van der Waals surface area contributed by atoms with E-state index in [0.29, 0.717) is 30.6 Å². The van der Waals surface area contributed by atoms with Crippen LogP contribution in [0.2, 0.25) is 0 Å². The maximum absolute atomic E-state index is 11.6. The second-order valence-electron chi connectivity index (χ2n) is 3.36. The summed E-state index contributed by atoms with van der Waals surface area (Å²) in [5.74, 6) is 1.61. The molecule has 0 N–H and O–H groups in total. The van der Waals surface area contributed by atoms with Gasteiger partial charge in [-0.15, -0.1) is 0 Å². The monoisotopic (exact) mass is 213 g/mol. The van der Waals surface area contributed by atoms with Gasteiger partial charge in [0.1, 0.15) is 0 Å². The van der Waals surface area contributed by atoms with E-state index in [2.05, 4.69) is 28.2 Å². The SMILES string of the molecule is Cn1nnnc1N1CC(CS)CC1=O. The number of aromatic nitrogens is 4. The van der Waals surface area contributed by atoms with Gasteiger partial charge in [-0.2, -0.15) is 12.6 Å². The van der Waals surface area contributed by atoms with Crippen LogP contribution in [0.3, 0.4) is 0 Å². The van der Waals surface area contributed by atoms with E-state index in [0.717, 1.165) is 0 Å². The molecule has 1 unspecified atom stereocenters. The van der Waals surface area contributed by atoms with E-state index in [1.165, 1.54) is 4.68 Å². The van der Waals surface area contributed by atoms with Crippen molar-refractivity contribution in [3.8, 4) is 0 Å². The second-order valence-corrected chi connectivity index (χ2v) is 3.72. The van der Waals surface area contributed by atoms with E-state index < -0.39 is 0 Å². The number of amides is 1. The highest BCUT2D eigenvalue weighted by molar-refractivity contribution is 7.80. The Bertz CT molecular complexity index is 352. The topological polar surface area (TPSA) is 63.9 Å². The number of tetrazole rings is 1. The number of aryl methyl sites for hydroxylation is 1. The molecule has 0 aliphatic carbocycles. The van der Waals surface area contributed by atoms with E-state index in [-0.39, 0.29) is 5.91 Å². The van der Waals surface area contributed by atoms with Crippen molar-refractivity contribution in [2.24, 2.45) is 13.0 Å². The van der Waals surface area contributed by atoms with E-state index in [9.17, 15) is 4.79 Å². The number of anilines is 1. The molecule has 1 aliphatic heterocycles. The number of rotatable bonds is 2. The zero-order chi connectivity index (χ0) is 10.1. The van der Waals surface area contributed by atoms with Crippen molar-refractivity contribution >= 4 is 24.5 Å². The molecule has 2 rings (SSSR count). The van der Waals surface area contributed by atoms with E-state index in [4.69, 9.17) is 0 Å². The van der Waals surface area contributed by atoms with Crippen LogP contribution in [0.25, 0.3) is 0 Å². The zero-order valence-corrected chi connectivity index (χ0v) is 8.68. The van der Waals surface area contributed by atoms with Crippen LogP contribution in [-0.4, -0.2) is 38.4 Å². The van der Waals surface area contributed by atoms with Gasteiger partial charge in [0.2, 0.25) is 5.91 Å². The first-order valence-corrected chi connectivity index (χ1v) is 4.99. The quantitative estimate of drug-likeness (QED) is 0.672. The molecular weight excluding hydrogens is 202 g/mol. The Morgan fingerprint density at radius 3 is 2.93 bits per heavy atom. The van der Waals surface area contributed by atoms with Gasteiger partial charge in [0.15, 0.2) is 0 Å². The molecule has 0 aromatic carbocycles. The van der Waals surface area contributed by atoms with Crippen LogP contribution in [0.4, 0.5) is 5.95 Å². The van der Waals surface area contributed by atoms with E-state index in [1.54, 1.807) is 11.9 Å². The Balaban J connectivity index is 2.20. The number of nitrogens with zero attached hydrogens (tertiary/aromatic N) is 5. The fourth-order valence-corrected chi connectivity index (χ4v) is 1.80. The number of hydrogen-bond donors (Lipinski definition) is 1. The molecule has 1 atom stereocenters. The number of carbonyl (C=O) groups is 1. The minimum absolute atomic E-state index is 0.0713. The average molecular weight is 213 g/mol. The Morgan fingerprint density at radius 1 is 1.64 bits per heavy atom. The Hall–Kier alpha value is -1.11. The first kappa shape index (κ1) is 9.45. The van der Waals surface area contributed by atoms with Gasteiger partial charge in [-0.1, -0.05) is 5.10 Å². The summed E-state index contributed by atoms with van der Waals surface area (Å²) >= 11 is 4.18. The highest BCUT2D eigenvalue weighted by Crippen LogP contribution is 2.22. The number of hydrogen-bond acceptors (Lipinski definition) is 5. The molecule has 1 aromatic heterocycles. The highest BCUT2D eigenvalue weighted by Gasteiger charge is 2.32. The van der Waals surface area contributed by atoms with Crippen LogP contribution in [0, 0.1) is 5.92 Å².